The molecule has 0 aromatic rings. The summed E-state index contributed by atoms with van der Waals surface area (Å²) >= 11 is 0. The zero-order valence-electron chi connectivity index (χ0n) is 28.6. The van der Waals surface area contributed by atoms with E-state index >= 15 is 0 Å². The van der Waals surface area contributed by atoms with Crippen molar-refractivity contribution in [2.75, 3.05) is 13.2 Å². The monoisotopic (exact) mass is 579 g/mol. The quantitative estimate of drug-likeness (QED) is 0.0588. The van der Waals surface area contributed by atoms with Crippen LogP contribution in [0.2, 0.25) is 0 Å². The first-order valence-corrected chi connectivity index (χ1v) is 19.1. The van der Waals surface area contributed by atoms with Crippen molar-refractivity contribution >= 4 is 0 Å². The van der Waals surface area contributed by atoms with Gasteiger partial charge in [-0.3, -0.25) is 0 Å². The van der Waals surface area contributed by atoms with Gasteiger partial charge in [0.2, 0.25) is 0 Å². The van der Waals surface area contributed by atoms with Gasteiger partial charge in [-0.15, -0.1) is 0 Å². The molecule has 0 bridgehead atoms. The van der Waals surface area contributed by atoms with Gasteiger partial charge in [-0.05, 0) is 25.7 Å². The topological polar surface area (TPSA) is 34.3 Å². The fourth-order valence-corrected chi connectivity index (χ4v) is 7.16. The molecule has 0 aliphatic carbocycles. The van der Waals surface area contributed by atoms with Gasteiger partial charge in [-0.2, -0.15) is 0 Å². The summed E-state index contributed by atoms with van der Waals surface area (Å²) in [4.78, 5) is 0. The van der Waals surface area contributed by atoms with Gasteiger partial charge in [0.15, 0.2) is 0 Å². The first kappa shape index (κ1) is 37.1. The largest absolute Gasteiger partial charge is 0.370 e. The molecule has 244 valence electrons. The number of hydrogen-bond donors (Lipinski definition) is 0. The third-order valence-electron chi connectivity index (χ3n) is 10.1. The number of hydrogen-bond acceptors (Lipinski definition) is 3. The SMILES string of the molecule is CCCCCCCCCCC(CCCCCC)(OC(CCCCCC)(CCCCCCCCCC)C1CO1)C1CO1. The molecule has 0 aromatic heterocycles. The van der Waals surface area contributed by atoms with Crippen LogP contribution in [-0.2, 0) is 14.2 Å². The van der Waals surface area contributed by atoms with Crippen LogP contribution in [-0.4, -0.2) is 36.6 Å². The number of epoxide rings is 2. The van der Waals surface area contributed by atoms with Gasteiger partial charge < -0.3 is 14.2 Å². The maximum absolute atomic E-state index is 7.70. The number of ether oxygens (including phenoxy) is 3. The van der Waals surface area contributed by atoms with E-state index < -0.39 is 0 Å². The zero-order valence-corrected chi connectivity index (χ0v) is 28.6. The molecular formula is C38H74O3. The van der Waals surface area contributed by atoms with Gasteiger partial charge in [0.05, 0.1) is 24.4 Å². The lowest BCUT2D eigenvalue weighted by Gasteiger charge is -2.44. The summed E-state index contributed by atoms with van der Waals surface area (Å²) in [6.45, 7) is 11.1. The van der Waals surface area contributed by atoms with E-state index in [1.165, 1.54) is 180 Å². The van der Waals surface area contributed by atoms with E-state index in [0.29, 0.717) is 12.2 Å². The third-order valence-corrected chi connectivity index (χ3v) is 10.1. The van der Waals surface area contributed by atoms with Crippen molar-refractivity contribution in [1.82, 2.24) is 0 Å². The lowest BCUT2D eigenvalue weighted by molar-refractivity contribution is -0.192. The average Bonchev–Trinajstić information content (AvgIpc) is 3.89. The molecule has 2 rings (SSSR count). The summed E-state index contributed by atoms with van der Waals surface area (Å²) in [7, 11) is 0. The first-order chi connectivity index (χ1) is 20.2. The van der Waals surface area contributed by atoms with Crippen LogP contribution >= 0.6 is 0 Å². The summed E-state index contributed by atoms with van der Waals surface area (Å²) in [5.41, 5.74) is -0.209. The maximum atomic E-state index is 7.70. The second-order valence-electron chi connectivity index (χ2n) is 13.9. The van der Waals surface area contributed by atoms with Crippen LogP contribution in [0, 0.1) is 0 Å². The smallest absolute Gasteiger partial charge is 0.110 e. The molecule has 3 heteroatoms. The van der Waals surface area contributed by atoms with E-state index in [1.54, 1.807) is 0 Å². The molecule has 41 heavy (non-hydrogen) atoms. The van der Waals surface area contributed by atoms with Crippen LogP contribution in [0.1, 0.15) is 207 Å². The lowest BCUT2D eigenvalue weighted by atomic mass is 9.81. The molecular weight excluding hydrogens is 504 g/mol. The average molecular weight is 579 g/mol. The standard InChI is InChI=1S/C38H74O3/c1-5-9-13-17-19-21-23-27-31-37(35-33-39-35,29-25-15-11-7-3)41-38(36-34-40-36,30-26-16-12-8-4)32-28-24-22-20-18-14-10-6-2/h35-36H,5-34H2,1-4H3. The van der Waals surface area contributed by atoms with Crippen LogP contribution < -0.4 is 0 Å². The van der Waals surface area contributed by atoms with Crippen molar-refractivity contribution in [1.29, 1.82) is 0 Å². The minimum absolute atomic E-state index is 0.104. The highest BCUT2D eigenvalue weighted by Crippen LogP contribution is 2.47. The predicted molar refractivity (Wildman–Crippen MR) is 178 cm³/mol. The Morgan fingerprint density at radius 2 is 0.610 bits per heavy atom. The van der Waals surface area contributed by atoms with Gasteiger partial charge in [-0.1, -0.05) is 182 Å². The van der Waals surface area contributed by atoms with E-state index in [-0.39, 0.29) is 11.2 Å². The van der Waals surface area contributed by atoms with Crippen LogP contribution in [0.3, 0.4) is 0 Å². The minimum Gasteiger partial charge on any atom is -0.370 e. The van der Waals surface area contributed by atoms with Crippen molar-refractivity contribution in [3.63, 3.8) is 0 Å². The summed E-state index contributed by atoms with van der Waals surface area (Å²) in [5, 5.41) is 0. The van der Waals surface area contributed by atoms with Crippen LogP contribution in [0.15, 0.2) is 0 Å². The Morgan fingerprint density at radius 3 is 0.854 bits per heavy atom. The third kappa shape index (κ3) is 16.0. The highest BCUT2D eigenvalue weighted by molar-refractivity contribution is 5.04. The van der Waals surface area contributed by atoms with Gasteiger partial charge >= 0.3 is 0 Å². The Balaban J connectivity index is 2.06. The highest BCUT2D eigenvalue weighted by atomic mass is 16.6. The zero-order chi connectivity index (χ0) is 29.5. The Hall–Kier alpha value is -0.120. The van der Waals surface area contributed by atoms with E-state index in [4.69, 9.17) is 14.2 Å². The van der Waals surface area contributed by atoms with Crippen molar-refractivity contribution in [2.45, 2.75) is 231 Å². The molecule has 2 heterocycles. The fraction of sp³-hybridized carbons (Fsp3) is 1.00. The van der Waals surface area contributed by atoms with Gasteiger partial charge in [0, 0.05) is 0 Å². The first-order valence-electron chi connectivity index (χ1n) is 19.1. The van der Waals surface area contributed by atoms with E-state index in [0.717, 1.165) is 13.2 Å². The number of unbranched alkanes of at least 4 members (excludes halogenated alkanes) is 20. The molecule has 3 nitrogen and oxygen atoms in total. The summed E-state index contributed by atoms with van der Waals surface area (Å²) in [6, 6.07) is 0. The van der Waals surface area contributed by atoms with Crippen LogP contribution in [0.25, 0.3) is 0 Å². The highest BCUT2D eigenvalue weighted by Gasteiger charge is 2.56. The van der Waals surface area contributed by atoms with Crippen molar-refractivity contribution in [3.05, 3.63) is 0 Å². The Bertz CT molecular complexity index is 536. The predicted octanol–water partition coefficient (Wildman–Crippen LogP) is 12.3. The Morgan fingerprint density at radius 1 is 0.390 bits per heavy atom. The molecule has 2 saturated heterocycles. The molecule has 0 amide bonds. The molecule has 0 N–H and O–H groups in total. The van der Waals surface area contributed by atoms with Crippen molar-refractivity contribution in [3.8, 4) is 0 Å². The molecule has 2 aliphatic rings. The van der Waals surface area contributed by atoms with E-state index in [9.17, 15) is 0 Å². The number of rotatable bonds is 32. The Kier molecular flexibility index (Phi) is 21.1. The molecule has 4 unspecified atom stereocenters. The second-order valence-corrected chi connectivity index (χ2v) is 13.9. The fourth-order valence-electron chi connectivity index (χ4n) is 7.16. The molecule has 0 saturated carbocycles. The molecule has 0 aromatic carbocycles. The summed E-state index contributed by atoms with van der Waals surface area (Å²) < 4.78 is 20.0. The molecule has 2 aliphatic heterocycles. The van der Waals surface area contributed by atoms with Crippen molar-refractivity contribution < 1.29 is 14.2 Å². The Labute approximate surface area is 258 Å². The molecule has 0 radical (unpaired) electrons. The summed E-state index contributed by atoms with van der Waals surface area (Å²) in [5.74, 6) is 0. The van der Waals surface area contributed by atoms with E-state index in [2.05, 4.69) is 27.7 Å². The van der Waals surface area contributed by atoms with Crippen molar-refractivity contribution in [2.24, 2.45) is 0 Å². The molecule has 0 spiro atoms. The maximum Gasteiger partial charge on any atom is 0.110 e. The van der Waals surface area contributed by atoms with E-state index in [1.807, 2.05) is 0 Å². The molecule has 2 fully saturated rings. The second kappa shape index (κ2) is 23.3. The molecule has 4 atom stereocenters. The summed E-state index contributed by atoms with van der Waals surface area (Å²) in [6.07, 6.45) is 37.8. The normalized spacial score (nSPS) is 21.1. The van der Waals surface area contributed by atoms with Crippen LogP contribution in [0.5, 0.6) is 0 Å². The minimum atomic E-state index is -0.104. The van der Waals surface area contributed by atoms with Gasteiger partial charge in [0.1, 0.15) is 12.2 Å². The van der Waals surface area contributed by atoms with Gasteiger partial charge in [0.25, 0.3) is 0 Å². The van der Waals surface area contributed by atoms with Crippen LogP contribution in [0.4, 0.5) is 0 Å². The van der Waals surface area contributed by atoms with Gasteiger partial charge in [-0.25, -0.2) is 0 Å². The lowest BCUT2D eigenvalue weighted by Crippen LogP contribution is -2.51.